The molecule has 0 unspecified atom stereocenters. The van der Waals surface area contributed by atoms with Gasteiger partial charge in [-0.1, -0.05) is 6.92 Å². The molecule has 0 aliphatic carbocycles. The Morgan fingerprint density at radius 2 is 2.14 bits per heavy atom. The van der Waals surface area contributed by atoms with Crippen LogP contribution in [0.3, 0.4) is 0 Å². The van der Waals surface area contributed by atoms with Crippen molar-refractivity contribution in [1.29, 1.82) is 0 Å². The standard InChI is InChI=1S/C11H19N3/c1-5-11(2,3)14(4)10-9(12)7-6-8-13-10/h6-8H,5,12H2,1-4H3. The lowest BCUT2D eigenvalue weighted by molar-refractivity contribution is 0.468. The molecule has 1 rings (SSSR count). The van der Waals surface area contributed by atoms with E-state index in [0.717, 1.165) is 17.9 Å². The Morgan fingerprint density at radius 1 is 1.50 bits per heavy atom. The Labute approximate surface area is 85.9 Å². The fourth-order valence-corrected chi connectivity index (χ4v) is 1.21. The van der Waals surface area contributed by atoms with Gasteiger partial charge >= 0.3 is 0 Å². The number of hydrogen-bond donors (Lipinski definition) is 1. The van der Waals surface area contributed by atoms with Crippen LogP contribution in [0.25, 0.3) is 0 Å². The third-order valence-corrected chi connectivity index (χ3v) is 2.91. The predicted octanol–water partition coefficient (Wildman–Crippen LogP) is 2.29. The van der Waals surface area contributed by atoms with Gasteiger partial charge in [-0.3, -0.25) is 0 Å². The van der Waals surface area contributed by atoms with Crippen molar-refractivity contribution in [3.05, 3.63) is 18.3 Å². The normalized spacial score (nSPS) is 11.4. The van der Waals surface area contributed by atoms with Crippen LogP contribution in [0.2, 0.25) is 0 Å². The molecule has 1 aromatic heterocycles. The van der Waals surface area contributed by atoms with E-state index >= 15 is 0 Å². The van der Waals surface area contributed by atoms with Gasteiger partial charge in [-0.15, -0.1) is 0 Å². The van der Waals surface area contributed by atoms with Crippen LogP contribution in [-0.4, -0.2) is 17.6 Å². The Bertz CT molecular complexity index is 307. The summed E-state index contributed by atoms with van der Waals surface area (Å²) >= 11 is 0. The molecule has 0 radical (unpaired) electrons. The fraction of sp³-hybridized carbons (Fsp3) is 0.545. The molecule has 0 atom stereocenters. The van der Waals surface area contributed by atoms with Crippen molar-refractivity contribution in [2.24, 2.45) is 0 Å². The van der Waals surface area contributed by atoms with Crippen molar-refractivity contribution in [1.82, 2.24) is 4.98 Å². The summed E-state index contributed by atoms with van der Waals surface area (Å²) in [5.41, 5.74) is 6.69. The number of anilines is 2. The van der Waals surface area contributed by atoms with Crippen LogP contribution in [0.15, 0.2) is 18.3 Å². The van der Waals surface area contributed by atoms with Crippen LogP contribution in [0.4, 0.5) is 11.5 Å². The highest BCUT2D eigenvalue weighted by Gasteiger charge is 2.23. The Hall–Kier alpha value is -1.25. The Kier molecular flexibility index (Phi) is 2.99. The smallest absolute Gasteiger partial charge is 0.151 e. The quantitative estimate of drug-likeness (QED) is 0.800. The SMILES string of the molecule is CCC(C)(C)N(C)c1ncccc1N. The van der Waals surface area contributed by atoms with Crippen molar-refractivity contribution in [2.75, 3.05) is 17.7 Å². The van der Waals surface area contributed by atoms with E-state index in [1.807, 2.05) is 19.2 Å². The minimum atomic E-state index is 0.0858. The summed E-state index contributed by atoms with van der Waals surface area (Å²) in [5, 5.41) is 0. The molecule has 0 aliphatic rings. The van der Waals surface area contributed by atoms with Crippen molar-refractivity contribution in [2.45, 2.75) is 32.7 Å². The van der Waals surface area contributed by atoms with Gasteiger partial charge in [0.15, 0.2) is 5.82 Å². The van der Waals surface area contributed by atoms with E-state index in [2.05, 4.69) is 30.7 Å². The molecule has 0 saturated carbocycles. The summed E-state index contributed by atoms with van der Waals surface area (Å²) < 4.78 is 0. The first-order valence-electron chi connectivity index (χ1n) is 4.93. The highest BCUT2D eigenvalue weighted by molar-refractivity contribution is 5.62. The average molecular weight is 193 g/mol. The van der Waals surface area contributed by atoms with Crippen LogP contribution < -0.4 is 10.6 Å². The van der Waals surface area contributed by atoms with Gasteiger partial charge in [0, 0.05) is 18.8 Å². The molecule has 0 aromatic carbocycles. The van der Waals surface area contributed by atoms with E-state index < -0.39 is 0 Å². The maximum absolute atomic E-state index is 5.87. The number of nitrogen functional groups attached to an aromatic ring is 1. The van der Waals surface area contributed by atoms with Crippen molar-refractivity contribution in [3.8, 4) is 0 Å². The van der Waals surface area contributed by atoms with E-state index in [1.54, 1.807) is 6.20 Å². The number of pyridine rings is 1. The highest BCUT2D eigenvalue weighted by atomic mass is 15.2. The molecule has 3 heteroatoms. The second-order valence-corrected chi connectivity index (χ2v) is 4.14. The van der Waals surface area contributed by atoms with E-state index in [1.165, 1.54) is 0 Å². The molecular formula is C11H19N3. The lowest BCUT2D eigenvalue weighted by Gasteiger charge is -2.36. The number of nitrogens with zero attached hydrogens (tertiary/aromatic N) is 2. The summed E-state index contributed by atoms with van der Waals surface area (Å²) in [6, 6.07) is 3.73. The number of rotatable bonds is 3. The molecular weight excluding hydrogens is 174 g/mol. The molecule has 0 spiro atoms. The van der Waals surface area contributed by atoms with E-state index in [9.17, 15) is 0 Å². The number of nitrogens with two attached hydrogens (primary N) is 1. The lowest BCUT2D eigenvalue weighted by Crippen LogP contribution is -2.41. The third-order valence-electron chi connectivity index (χ3n) is 2.91. The van der Waals surface area contributed by atoms with Crippen LogP contribution in [0.1, 0.15) is 27.2 Å². The molecule has 0 saturated heterocycles. The maximum Gasteiger partial charge on any atom is 0.151 e. The monoisotopic (exact) mass is 193 g/mol. The number of hydrogen-bond acceptors (Lipinski definition) is 3. The largest absolute Gasteiger partial charge is 0.396 e. The topological polar surface area (TPSA) is 42.2 Å². The molecule has 0 amide bonds. The van der Waals surface area contributed by atoms with Crippen LogP contribution in [0.5, 0.6) is 0 Å². The van der Waals surface area contributed by atoms with E-state index in [0.29, 0.717) is 0 Å². The van der Waals surface area contributed by atoms with Gasteiger partial charge in [-0.2, -0.15) is 0 Å². The van der Waals surface area contributed by atoms with Crippen LogP contribution in [-0.2, 0) is 0 Å². The van der Waals surface area contributed by atoms with E-state index in [4.69, 9.17) is 5.73 Å². The lowest BCUT2D eigenvalue weighted by atomic mass is 10.00. The van der Waals surface area contributed by atoms with Gasteiger partial charge in [0.05, 0.1) is 5.69 Å². The Morgan fingerprint density at radius 3 is 2.64 bits per heavy atom. The number of aromatic nitrogens is 1. The summed E-state index contributed by atoms with van der Waals surface area (Å²) in [4.78, 5) is 6.42. The molecule has 3 nitrogen and oxygen atoms in total. The molecule has 0 bridgehead atoms. The summed E-state index contributed by atoms with van der Waals surface area (Å²) in [6.45, 7) is 6.53. The molecule has 0 fully saturated rings. The first kappa shape index (κ1) is 10.8. The minimum Gasteiger partial charge on any atom is -0.396 e. The fourth-order valence-electron chi connectivity index (χ4n) is 1.21. The molecule has 1 aromatic rings. The highest BCUT2D eigenvalue weighted by Crippen LogP contribution is 2.26. The van der Waals surface area contributed by atoms with E-state index in [-0.39, 0.29) is 5.54 Å². The van der Waals surface area contributed by atoms with Gasteiger partial charge in [0.1, 0.15) is 0 Å². The van der Waals surface area contributed by atoms with Gasteiger partial charge in [0.25, 0.3) is 0 Å². The summed E-state index contributed by atoms with van der Waals surface area (Å²) in [6.07, 6.45) is 2.83. The second kappa shape index (κ2) is 3.86. The second-order valence-electron chi connectivity index (χ2n) is 4.14. The summed E-state index contributed by atoms with van der Waals surface area (Å²) in [7, 11) is 2.03. The maximum atomic E-state index is 5.87. The average Bonchev–Trinajstić information content (AvgIpc) is 2.17. The third kappa shape index (κ3) is 1.97. The van der Waals surface area contributed by atoms with Crippen LogP contribution in [0, 0.1) is 0 Å². The van der Waals surface area contributed by atoms with Crippen LogP contribution >= 0.6 is 0 Å². The minimum absolute atomic E-state index is 0.0858. The van der Waals surface area contributed by atoms with Crippen molar-refractivity contribution < 1.29 is 0 Å². The van der Waals surface area contributed by atoms with Gasteiger partial charge in [-0.05, 0) is 32.4 Å². The zero-order valence-corrected chi connectivity index (χ0v) is 9.41. The van der Waals surface area contributed by atoms with Gasteiger partial charge < -0.3 is 10.6 Å². The Balaban J connectivity index is 3.00. The zero-order valence-electron chi connectivity index (χ0n) is 9.41. The molecule has 78 valence electrons. The van der Waals surface area contributed by atoms with Crippen molar-refractivity contribution >= 4 is 11.5 Å². The molecule has 1 heterocycles. The summed E-state index contributed by atoms with van der Waals surface area (Å²) in [5.74, 6) is 0.861. The van der Waals surface area contributed by atoms with Crippen molar-refractivity contribution in [3.63, 3.8) is 0 Å². The van der Waals surface area contributed by atoms with Gasteiger partial charge in [-0.25, -0.2) is 4.98 Å². The first-order chi connectivity index (χ1) is 6.49. The van der Waals surface area contributed by atoms with Gasteiger partial charge in [0.2, 0.25) is 0 Å². The first-order valence-corrected chi connectivity index (χ1v) is 4.93. The molecule has 2 N–H and O–H groups in total. The predicted molar refractivity (Wildman–Crippen MR) is 61.4 cm³/mol. The molecule has 14 heavy (non-hydrogen) atoms. The zero-order chi connectivity index (χ0) is 10.8. The molecule has 0 aliphatic heterocycles.